The summed E-state index contributed by atoms with van der Waals surface area (Å²) in [4.78, 5) is 5.32. The molecule has 3 heteroatoms. The van der Waals surface area contributed by atoms with Crippen molar-refractivity contribution in [3.8, 4) is 0 Å². The Morgan fingerprint density at radius 3 is 2.78 bits per heavy atom. The Kier molecular flexibility index (Phi) is 5.93. The van der Waals surface area contributed by atoms with E-state index in [9.17, 15) is 0 Å². The van der Waals surface area contributed by atoms with Gasteiger partial charge in [0.25, 0.3) is 0 Å². The van der Waals surface area contributed by atoms with Crippen LogP contribution >= 0.6 is 0 Å². The summed E-state index contributed by atoms with van der Waals surface area (Å²) in [6.07, 6.45) is 8.26. The quantitative estimate of drug-likeness (QED) is 0.780. The molecule has 0 aliphatic carbocycles. The van der Waals surface area contributed by atoms with Crippen LogP contribution in [-0.2, 0) is 0 Å². The Bertz CT molecular complexity index is 226. The van der Waals surface area contributed by atoms with Crippen LogP contribution < -0.4 is 5.32 Å². The maximum absolute atomic E-state index is 3.51. The van der Waals surface area contributed by atoms with Crippen LogP contribution in [0.3, 0.4) is 0 Å². The van der Waals surface area contributed by atoms with Crippen LogP contribution in [0.15, 0.2) is 0 Å². The summed E-state index contributed by atoms with van der Waals surface area (Å²) in [5.41, 5.74) is 0. The molecule has 2 fully saturated rings. The van der Waals surface area contributed by atoms with Gasteiger partial charge in [0.05, 0.1) is 0 Å². The summed E-state index contributed by atoms with van der Waals surface area (Å²) >= 11 is 0. The van der Waals surface area contributed by atoms with Crippen molar-refractivity contribution in [2.24, 2.45) is 0 Å². The molecule has 2 heterocycles. The van der Waals surface area contributed by atoms with Crippen molar-refractivity contribution in [2.45, 2.75) is 57.5 Å². The first-order chi connectivity index (χ1) is 8.81. The van der Waals surface area contributed by atoms with E-state index in [4.69, 9.17) is 0 Å². The molecule has 18 heavy (non-hydrogen) atoms. The smallest absolute Gasteiger partial charge is 0.0232 e. The molecule has 2 aliphatic heterocycles. The van der Waals surface area contributed by atoms with E-state index in [-0.39, 0.29) is 0 Å². The number of nitrogens with zero attached hydrogens (tertiary/aromatic N) is 2. The van der Waals surface area contributed by atoms with Gasteiger partial charge in [0, 0.05) is 18.6 Å². The van der Waals surface area contributed by atoms with Crippen LogP contribution in [0.4, 0.5) is 0 Å². The summed E-state index contributed by atoms with van der Waals surface area (Å²) in [7, 11) is 2.31. The van der Waals surface area contributed by atoms with E-state index in [0.29, 0.717) is 0 Å². The number of hydrogen-bond donors (Lipinski definition) is 1. The van der Waals surface area contributed by atoms with E-state index < -0.39 is 0 Å². The van der Waals surface area contributed by atoms with E-state index in [1.165, 1.54) is 71.2 Å². The zero-order valence-electron chi connectivity index (χ0n) is 12.3. The van der Waals surface area contributed by atoms with Crippen molar-refractivity contribution in [3.05, 3.63) is 0 Å². The third-order valence-electron chi connectivity index (χ3n) is 4.73. The lowest BCUT2D eigenvalue weighted by molar-refractivity contribution is 0.138. The predicted molar refractivity (Wildman–Crippen MR) is 78.0 cm³/mol. The lowest BCUT2D eigenvalue weighted by Crippen LogP contribution is -2.42. The first kappa shape index (κ1) is 14.3. The zero-order chi connectivity index (χ0) is 12.8. The van der Waals surface area contributed by atoms with E-state index in [0.717, 1.165) is 12.1 Å². The molecule has 3 nitrogen and oxygen atoms in total. The Hall–Kier alpha value is -0.120. The molecule has 2 atom stereocenters. The number of nitrogens with one attached hydrogen (secondary N) is 1. The molecule has 1 N–H and O–H groups in total. The molecule has 0 amide bonds. The van der Waals surface area contributed by atoms with E-state index in [1.54, 1.807) is 0 Å². The minimum atomic E-state index is 0.804. The van der Waals surface area contributed by atoms with Crippen molar-refractivity contribution in [1.29, 1.82) is 0 Å². The summed E-state index contributed by atoms with van der Waals surface area (Å²) in [6, 6.07) is 1.64. The second-order valence-electron chi connectivity index (χ2n) is 6.10. The van der Waals surface area contributed by atoms with Crippen molar-refractivity contribution >= 4 is 0 Å². The Morgan fingerprint density at radius 2 is 2.11 bits per heavy atom. The fraction of sp³-hybridized carbons (Fsp3) is 1.00. The molecule has 0 bridgehead atoms. The maximum Gasteiger partial charge on any atom is 0.0232 e. The molecule has 0 saturated carbocycles. The average Bonchev–Trinajstić information content (AvgIpc) is 2.90. The van der Waals surface area contributed by atoms with Crippen LogP contribution in [0.25, 0.3) is 0 Å². The van der Waals surface area contributed by atoms with Gasteiger partial charge in [-0.15, -0.1) is 0 Å². The second-order valence-corrected chi connectivity index (χ2v) is 6.10. The number of piperidine rings is 1. The molecule has 0 radical (unpaired) electrons. The predicted octanol–water partition coefficient (Wildman–Crippen LogP) is 1.93. The maximum atomic E-state index is 3.51. The highest BCUT2D eigenvalue weighted by Crippen LogP contribution is 2.19. The van der Waals surface area contributed by atoms with Gasteiger partial charge in [0.15, 0.2) is 0 Å². The average molecular weight is 253 g/mol. The summed E-state index contributed by atoms with van der Waals surface area (Å²) in [5, 5.41) is 3.51. The van der Waals surface area contributed by atoms with Gasteiger partial charge in [-0.1, -0.05) is 13.3 Å². The van der Waals surface area contributed by atoms with Gasteiger partial charge in [-0.2, -0.15) is 0 Å². The molecule has 2 unspecified atom stereocenters. The fourth-order valence-electron chi connectivity index (χ4n) is 3.54. The monoisotopic (exact) mass is 253 g/mol. The van der Waals surface area contributed by atoms with Gasteiger partial charge in [-0.25, -0.2) is 0 Å². The van der Waals surface area contributed by atoms with Gasteiger partial charge in [-0.05, 0) is 65.3 Å². The SMILES string of the molecule is CCCN(CCC1CCCCN1C)C1CCNC1. The van der Waals surface area contributed by atoms with Crippen LogP contribution in [0.2, 0.25) is 0 Å². The van der Waals surface area contributed by atoms with E-state index >= 15 is 0 Å². The largest absolute Gasteiger partial charge is 0.315 e. The first-order valence-corrected chi connectivity index (χ1v) is 7.96. The highest BCUT2D eigenvalue weighted by molar-refractivity contribution is 4.82. The Morgan fingerprint density at radius 1 is 1.22 bits per heavy atom. The van der Waals surface area contributed by atoms with Gasteiger partial charge < -0.3 is 10.2 Å². The molecule has 0 spiro atoms. The second kappa shape index (κ2) is 7.46. The van der Waals surface area contributed by atoms with Crippen molar-refractivity contribution < 1.29 is 0 Å². The van der Waals surface area contributed by atoms with Crippen molar-refractivity contribution in [2.75, 3.05) is 39.8 Å². The van der Waals surface area contributed by atoms with Gasteiger partial charge in [0.1, 0.15) is 0 Å². The van der Waals surface area contributed by atoms with Crippen molar-refractivity contribution in [3.63, 3.8) is 0 Å². The minimum absolute atomic E-state index is 0.804. The summed E-state index contributed by atoms with van der Waals surface area (Å²) in [6.45, 7) is 8.62. The van der Waals surface area contributed by atoms with Gasteiger partial charge >= 0.3 is 0 Å². The Labute approximate surface area is 113 Å². The first-order valence-electron chi connectivity index (χ1n) is 7.96. The molecular weight excluding hydrogens is 222 g/mol. The number of rotatable bonds is 6. The third-order valence-corrected chi connectivity index (χ3v) is 4.73. The zero-order valence-corrected chi connectivity index (χ0v) is 12.3. The lowest BCUT2D eigenvalue weighted by atomic mass is 9.99. The van der Waals surface area contributed by atoms with Crippen LogP contribution in [0.1, 0.15) is 45.4 Å². The Balaban J connectivity index is 1.77. The molecule has 106 valence electrons. The highest BCUT2D eigenvalue weighted by Gasteiger charge is 2.24. The standard InChI is InChI=1S/C15H31N3/c1-3-10-18(15-7-9-16-13-15)12-8-14-6-4-5-11-17(14)2/h14-16H,3-13H2,1-2H3. The van der Waals surface area contributed by atoms with Gasteiger partial charge in [-0.3, -0.25) is 4.90 Å². The molecule has 2 rings (SSSR count). The summed E-state index contributed by atoms with van der Waals surface area (Å²) < 4.78 is 0. The van der Waals surface area contributed by atoms with E-state index in [1.807, 2.05) is 0 Å². The van der Waals surface area contributed by atoms with Crippen molar-refractivity contribution in [1.82, 2.24) is 15.1 Å². The molecule has 0 aromatic carbocycles. The molecule has 2 aliphatic rings. The minimum Gasteiger partial charge on any atom is -0.315 e. The van der Waals surface area contributed by atoms with Crippen LogP contribution in [0.5, 0.6) is 0 Å². The van der Waals surface area contributed by atoms with Crippen LogP contribution in [0, 0.1) is 0 Å². The fourth-order valence-corrected chi connectivity index (χ4v) is 3.54. The molecular formula is C15H31N3. The molecule has 2 saturated heterocycles. The topological polar surface area (TPSA) is 18.5 Å². The normalized spacial score (nSPS) is 30.2. The molecule has 0 aromatic heterocycles. The van der Waals surface area contributed by atoms with E-state index in [2.05, 4.69) is 29.1 Å². The highest BCUT2D eigenvalue weighted by atomic mass is 15.2. The third kappa shape index (κ3) is 3.94. The number of hydrogen-bond acceptors (Lipinski definition) is 3. The van der Waals surface area contributed by atoms with Gasteiger partial charge in [0.2, 0.25) is 0 Å². The summed E-state index contributed by atoms with van der Waals surface area (Å²) in [5.74, 6) is 0. The lowest BCUT2D eigenvalue weighted by Gasteiger charge is -2.35. The molecule has 0 aromatic rings. The van der Waals surface area contributed by atoms with Crippen LogP contribution in [-0.4, -0.2) is 61.7 Å². The number of likely N-dealkylation sites (tertiary alicyclic amines) is 1.